The Hall–Kier alpha value is -3.35. The summed E-state index contributed by atoms with van der Waals surface area (Å²) in [6, 6.07) is 16.0. The number of hydrogen-bond acceptors (Lipinski definition) is 3. The normalized spacial score (nSPS) is 25.3. The zero-order valence-electron chi connectivity index (χ0n) is 18.0. The number of urea groups is 1. The third-order valence-electron chi connectivity index (χ3n) is 6.39. The summed E-state index contributed by atoms with van der Waals surface area (Å²) in [5.74, 6) is -0.195. The minimum atomic E-state index is -0.552. The molecule has 4 atom stereocenters. The summed E-state index contributed by atoms with van der Waals surface area (Å²) in [6.45, 7) is 6.29. The molecule has 0 bridgehead atoms. The van der Waals surface area contributed by atoms with Crippen LogP contribution >= 0.6 is 0 Å². The van der Waals surface area contributed by atoms with Crippen LogP contribution in [0.15, 0.2) is 54.6 Å². The minimum absolute atomic E-state index is 0.0357. The first-order valence-corrected chi connectivity index (χ1v) is 10.7. The SMILES string of the molecule is CC1NC(=O)C(C)N(C(=O)NCC2c3ccccc3C(=O)N2Cc2ccccc2)C1C. The topological polar surface area (TPSA) is 81.8 Å². The number of nitrogens with one attached hydrogen (secondary N) is 2. The Morgan fingerprint density at radius 1 is 1.00 bits per heavy atom. The van der Waals surface area contributed by atoms with Crippen LogP contribution in [0.3, 0.4) is 0 Å². The molecule has 162 valence electrons. The molecule has 4 amide bonds. The lowest BCUT2D eigenvalue weighted by atomic mass is 10.0. The maximum atomic E-state index is 13.1. The Morgan fingerprint density at radius 3 is 2.42 bits per heavy atom. The molecule has 1 fully saturated rings. The van der Waals surface area contributed by atoms with Crippen molar-refractivity contribution in [1.29, 1.82) is 0 Å². The highest BCUT2D eigenvalue weighted by atomic mass is 16.2. The van der Waals surface area contributed by atoms with Gasteiger partial charge < -0.3 is 20.4 Å². The highest BCUT2D eigenvalue weighted by Gasteiger charge is 2.40. The summed E-state index contributed by atoms with van der Waals surface area (Å²) in [6.07, 6.45) is 0. The van der Waals surface area contributed by atoms with Gasteiger partial charge in [0.25, 0.3) is 5.91 Å². The third-order valence-corrected chi connectivity index (χ3v) is 6.39. The van der Waals surface area contributed by atoms with Crippen LogP contribution in [-0.4, -0.2) is 52.3 Å². The van der Waals surface area contributed by atoms with E-state index in [0.717, 1.165) is 11.1 Å². The highest BCUT2D eigenvalue weighted by Crippen LogP contribution is 2.34. The molecular formula is C24H28N4O3. The van der Waals surface area contributed by atoms with E-state index < -0.39 is 6.04 Å². The number of fused-ring (bicyclic) bond motifs is 1. The predicted octanol–water partition coefficient (Wildman–Crippen LogP) is 2.69. The van der Waals surface area contributed by atoms with E-state index in [1.807, 2.05) is 68.4 Å². The first-order valence-electron chi connectivity index (χ1n) is 10.7. The predicted molar refractivity (Wildman–Crippen MR) is 117 cm³/mol. The van der Waals surface area contributed by atoms with Gasteiger partial charge in [-0.3, -0.25) is 9.59 Å². The van der Waals surface area contributed by atoms with Gasteiger partial charge in [0.05, 0.1) is 12.1 Å². The number of amides is 4. The molecule has 0 saturated carbocycles. The Labute approximate surface area is 182 Å². The maximum Gasteiger partial charge on any atom is 0.318 e. The molecule has 2 N–H and O–H groups in total. The number of rotatable bonds is 4. The Morgan fingerprint density at radius 2 is 1.68 bits per heavy atom. The summed E-state index contributed by atoms with van der Waals surface area (Å²) in [7, 11) is 0. The summed E-state index contributed by atoms with van der Waals surface area (Å²) < 4.78 is 0. The van der Waals surface area contributed by atoms with Crippen LogP contribution in [0.5, 0.6) is 0 Å². The van der Waals surface area contributed by atoms with Crippen molar-refractivity contribution in [2.75, 3.05) is 6.54 Å². The first kappa shape index (κ1) is 20.9. The molecular weight excluding hydrogens is 392 g/mol. The van der Waals surface area contributed by atoms with Crippen LogP contribution in [0.25, 0.3) is 0 Å². The lowest BCUT2D eigenvalue weighted by Gasteiger charge is -2.42. The maximum absolute atomic E-state index is 13.1. The molecule has 1 saturated heterocycles. The number of carbonyl (C=O) groups is 3. The van der Waals surface area contributed by atoms with Crippen molar-refractivity contribution >= 4 is 17.8 Å². The summed E-state index contributed by atoms with van der Waals surface area (Å²) in [5.41, 5.74) is 2.61. The second-order valence-electron chi connectivity index (χ2n) is 8.33. The van der Waals surface area contributed by atoms with Gasteiger partial charge in [-0.05, 0) is 38.0 Å². The molecule has 2 aliphatic rings. The molecule has 7 nitrogen and oxygen atoms in total. The van der Waals surface area contributed by atoms with Crippen molar-refractivity contribution in [2.24, 2.45) is 0 Å². The van der Waals surface area contributed by atoms with Crippen LogP contribution in [0.2, 0.25) is 0 Å². The third kappa shape index (κ3) is 3.87. The number of carbonyl (C=O) groups excluding carboxylic acids is 3. The number of benzene rings is 2. The summed E-state index contributed by atoms with van der Waals surface area (Å²) in [5, 5.41) is 5.89. The molecule has 0 aliphatic carbocycles. The van der Waals surface area contributed by atoms with Gasteiger partial charge in [-0.25, -0.2) is 4.79 Å². The van der Waals surface area contributed by atoms with E-state index >= 15 is 0 Å². The van der Waals surface area contributed by atoms with E-state index in [1.165, 1.54) is 0 Å². The molecule has 31 heavy (non-hydrogen) atoms. The molecule has 4 unspecified atom stereocenters. The molecule has 4 rings (SSSR count). The Balaban J connectivity index is 1.54. The van der Waals surface area contributed by atoms with Gasteiger partial charge in [0.2, 0.25) is 5.91 Å². The zero-order valence-corrected chi connectivity index (χ0v) is 18.0. The molecule has 0 spiro atoms. The van der Waals surface area contributed by atoms with Crippen LogP contribution in [0.4, 0.5) is 4.79 Å². The van der Waals surface area contributed by atoms with Crippen molar-refractivity contribution in [3.05, 3.63) is 71.3 Å². The van der Waals surface area contributed by atoms with Crippen LogP contribution in [0.1, 0.15) is 48.3 Å². The van der Waals surface area contributed by atoms with E-state index in [9.17, 15) is 14.4 Å². The van der Waals surface area contributed by atoms with Crippen molar-refractivity contribution < 1.29 is 14.4 Å². The largest absolute Gasteiger partial charge is 0.350 e. The van der Waals surface area contributed by atoms with Gasteiger partial charge >= 0.3 is 6.03 Å². The number of piperazine rings is 1. The minimum Gasteiger partial charge on any atom is -0.350 e. The second-order valence-corrected chi connectivity index (χ2v) is 8.33. The van der Waals surface area contributed by atoms with Crippen molar-refractivity contribution in [2.45, 2.75) is 51.5 Å². The molecule has 7 heteroatoms. The molecule has 2 heterocycles. The van der Waals surface area contributed by atoms with E-state index in [1.54, 1.807) is 16.7 Å². The fourth-order valence-electron chi connectivity index (χ4n) is 4.45. The van der Waals surface area contributed by atoms with Gasteiger partial charge in [-0.2, -0.15) is 0 Å². The van der Waals surface area contributed by atoms with Crippen molar-refractivity contribution in [3.63, 3.8) is 0 Å². The smallest absolute Gasteiger partial charge is 0.318 e. The van der Waals surface area contributed by atoms with Gasteiger partial charge in [-0.15, -0.1) is 0 Å². The van der Waals surface area contributed by atoms with Gasteiger partial charge in [0.15, 0.2) is 0 Å². The molecule has 0 radical (unpaired) electrons. The quantitative estimate of drug-likeness (QED) is 0.798. The average Bonchev–Trinajstić information content (AvgIpc) is 3.03. The van der Waals surface area contributed by atoms with E-state index in [0.29, 0.717) is 12.1 Å². The van der Waals surface area contributed by atoms with Gasteiger partial charge in [0.1, 0.15) is 6.04 Å². The van der Waals surface area contributed by atoms with E-state index in [2.05, 4.69) is 10.6 Å². The molecule has 2 aromatic carbocycles. The van der Waals surface area contributed by atoms with E-state index in [4.69, 9.17) is 0 Å². The Bertz CT molecular complexity index is 993. The van der Waals surface area contributed by atoms with Crippen LogP contribution in [0, 0.1) is 0 Å². The lowest BCUT2D eigenvalue weighted by Crippen LogP contribution is -2.66. The lowest BCUT2D eigenvalue weighted by molar-refractivity contribution is -0.130. The fourth-order valence-corrected chi connectivity index (χ4v) is 4.45. The van der Waals surface area contributed by atoms with Crippen molar-refractivity contribution in [3.8, 4) is 0 Å². The molecule has 2 aromatic rings. The average molecular weight is 421 g/mol. The highest BCUT2D eigenvalue weighted by molar-refractivity contribution is 5.99. The number of nitrogens with zero attached hydrogens (tertiary/aromatic N) is 2. The summed E-state index contributed by atoms with van der Waals surface area (Å²) in [4.78, 5) is 41.8. The first-order chi connectivity index (χ1) is 14.9. The van der Waals surface area contributed by atoms with Crippen LogP contribution in [-0.2, 0) is 11.3 Å². The standard InChI is InChI=1S/C24H28N4O3/c1-15-16(2)28(17(3)22(29)26-15)24(31)25-13-21-19-11-7-8-12-20(19)23(30)27(21)14-18-9-5-4-6-10-18/h4-12,15-17,21H,13-14H2,1-3H3,(H,25,31)(H,26,29). The zero-order chi connectivity index (χ0) is 22.1. The van der Waals surface area contributed by atoms with Gasteiger partial charge in [0, 0.05) is 24.7 Å². The van der Waals surface area contributed by atoms with Crippen molar-refractivity contribution in [1.82, 2.24) is 20.4 Å². The Kier molecular flexibility index (Phi) is 5.67. The molecule has 2 aliphatic heterocycles. The van der Waals surface area contributed by atoms with Crippen LogP contribution < -0.4 is 10.6 Å². The number of hydrogen-bond donors (Lipinski definition) is 2. The summed E-state index contributed by atoms with van der Waals surface area (Å²) >= 11 is 0. The van der Waals surface area contributed by atoms with E-state index in [-0.39, 0.29) is 42.5 Å². The van der Waals surface area contributed by atoms with Gasteiger partial charge in [-0.1, -0.05) is 48.5 Å². The monoisotopic (exact) mass is 420 g/mol. The fraction of sp³-hybridized carbons (Fsp3) is 0.375. The molecule has 0 aromatic heterocycles. The second kappa shape index (κ2) is 8.41.